The summed E-state index contributed by atoms with van der Waals surface area (Å²) in [5, 5.41) is 11.7. The highest BCUT2D eigenvalue weighted by Gasteiger charge is 2.23. The highest BCUT2D eigenvalue weighted by Crippen LogP contribution is 2.17. The molecule has 3 heterocycles. The molecular formula is C21H25N5O2. The van der Waals surface area contributed by atoms with Crippen molar-refractivity contribution in [3.05, 3.63) is 71.2 Å². The van der Waals surface area contributed by atoms with Crippen LogP contribution in [0.1, 0.15) is 46.3 Å². The van der Waals surface area contributed by atoms with Crippen LogP contribution in [0.2, 0.25) is 0 Å². The molecule has 7 heteroatoms. The number of carbonyl (C=O) groups excluding carboxylic acids is 1. The molecule has 1 aromatic carbocycles. The number of benzene rings is 1. The zero-order valence-corrected chi connectivity index (χ0v) is 16.3. The second-order valence-electron chi connectivity index (χ2n) is 7.31. The Kier molecular flexibility index (Phi) is 5.25. The second-order valence-corrected chi connectivity index (χ2v) is 7.31. The summed E-state index contributed by atoms with van der Waals surface area (Å²) in [5.41, 5.74) is 2.60. The molecular weight excluding hydrogens is 354 g/mol. The van der Waals surface area contributed by atoms with Gasteiger partial charge in [-0.1, -0.05) is 29.8 Å². The molecule has 28 heavy (non-hydrogen) atoms. The lowest BCUT2D eigenvalue weighted by atomic mass is 10.1. The summed E-state index contributed by atoms with van der Waals surface area (Å²) in [6.45, 7) is 7.63. The number of amides is 1. The number of carbonyl (C=O) groups is 1. The zero-order valence-electron chi connectivity index (χ0n) is 16.3. The van der Waals surface area contributed by atoms with E-state index in [2.05, 4.69) is 56.2 Å². The van der Waals surface area contributed by atoms with Crippen LogP contribution in [0.25, 0.3) is 0 Å². The summed E-state index contributed by atoms with van der Waals surface area (Å²) in [7, 11) is 0. The number of nitrogens with one attached hydrogen (secondary N) is 1. The van der Waals surface area contributed by atoms with Gasteiger partial charge < -0.3 is 14.3 Å². The Hall–Kier alpha value is -2.93. The molecule has 0 unspecified atom stereocenters. The van der Waals surface area contributed by atoms with Crippen molar-refractivity contribution in [3.8, 4) is 0 Å². The number of aromatic nitrogens is 3. The minimum atomic E-state index is -0.248. The first-order chi connectivity index (χ1) is 13.6. The van der Waals surface area contributed by atoms with Crippen LogP contribution >= 0.6 is 0 Å². The third kappa shape index (κ3) is 3.99. The van der Waals surface area contributed by atoms with Gasteiger partial charge in [0.25, 0.3) is 5.91 Å². The Labute approximate surface area is 164 Å². The lowest BCUT2D eigenvalue weighted by Crippen LogP contribution is -2.30. The Balaban J connectivity index is 1.41. The van der Waals surface area contributed by atoms with Crippen molar-refractivity contribution < 1.29 is 9.21 Å². The fourth-order valence-electron chi connectivity index (χ4n) is 3.56. The molecule has 0 bridgehead atoms. The van der Waals surface area contributed by atoms with Gasteiger partial charge >= 0.3 is 0 Å². The molecule has 0 radical (unpaired) electrons. The molecule has 0 aliphatic carbocycles. The normalized spacial score (nSPS) is 15.6. The largest absolute Gasteiger partial charge is 0.459 e. The number of aryl methyl sites for hydroxylation is 1. The van der Waals surface area contributed by atoms with Crippen molar-refractivity contribution >= 4 is 5.91 Å². The summed E-state index contributed by atoms with van der Waals surface area (Å²) in [6.07, 6.45) is 2.34. The van der Waals surface area contributed by atoms with Gasteiger partial charge in [0.1, 0.15) is 5.82 Å². The standard InChI is InChI=1S/C21H25N5O2/c1-15-5-7-17(8-6-15)14-25-10-9-19-23-24-20(26(19)12-11-25)16(2)22-21(27)18-4-3-13-28-18/h3-8,13,16H,9-12,14H2,1-2H3,(H,22,27)/t16-/m0/s1. The van der Waals surface area contributed by atoms with Crippen LogP contribution in [0.5, 0.6) is 0 Å². The molecule has 1 atom stereocenters. The van der Waals surface area contributed by atoms with Gasteiger partial charge in [-0.2, -0.15) is 0 Å². The Bertz CT molecular complexity index is 930. The van der Waals surface area contributed by atoms with E-state index in [-0.39, 0.29) is 11.9 Å². The van der Waals surface area contributed by atoms with Crippen LogP contribution in [0.15, 0.2) is 47.1 Å². The highest BCUT2D eigenvalue weighted by molar-refractivity contribution is 5.91. The van der Waals surface area contributed by atoms with Gasteiger partial charge in [-0.05, 0) is 31.5 Å². The van der Waals surface area contributed by atoms with Crippen LogP contribution in [0, 0.1) is 6.92 Å². The lowest BCUT2D eigenvalue weighted by Gasteiger charge is -2.20. The number of hydrogen-bond donors (Lipinski definition) is 1. The first-order valence-corrected chi connectivity index (χ1v) is 9.64. The monoisotopic (exact) mass is 379 g/mol. The topological polar surface area (TPSA) is 76.2 Å². The van der Waals surface area contributed by atoms with Gasteiger partial charge in [-0.15, -0.1) is 10.2 Å². The molecule has 1 amide bonds. The van der Waals surface area contributed by atoms with Gasteiger partial charge in [0.05, 0.1) is 12.3 Å². The van der Waals surface area contributed by atoms with E-state index >= 15 is 0 Å². The van der Waals surface area contributed by atoms with Crippen molar-refractivity contribution in [2.75, 3.05) is 13.1 Å². The van der Waals surface area contributed by atoms with Crippen molar-refractivity contribution in [1.29, 1.82) is 0 Å². The van der Waals surface area contributed by atoms with Crippen molar-refractivity contribution in [1.82, 2.24) is 25.0 Å². The molecule has 2 aromatic heterocycles. The lowest BCUT2D eigenvalue weighted by molar-refractivity contribution is 0.0909. The average molecular weight is 379 g/mol. The van der Waals surface area contributed by atoms with E-state index in [0.717, 1.165) is 44.2 Å². The summed E-state index contributed by atoms with van der Waals surface area (Å²) in [6, 6.07) is 11.8. The van der Waals surface area contributed by atoms with Gasteiger partial charge in [0.15, 0.2) is 11.6 Å². The van der Waals surface area contributed by atoms with Gasteiger partial charge in [-0.3, -0.25) is 9.69 Å². The molecule has 3 aromatic rings. The molecule has 0 spiro atoms. The van der Waals surface area contributed by atoms with Gasteiger partial charge in [-0.25, -0.2) is 0 Å². The Morgan fingerprint density at radius 1 is 1.18 bits per heavy atom. The number of hydrogen-bond acceptors (Lipinski definition) is 5. The minimum Gasteiger partial charge on any atom is -0.459 e. The molecule has 7 nitrogen and oxygen atoms in total. The van der Waals surface area contributed by atoms with E-state index in [1.807, 2.05) is 6.92 Å². The van der Waals surface area contributed by atoms with E-state index in [4.69, 9.17) is 4.42 Å². The third-order valence-corrected chi connectivity index (χ3v) is 5.15. The fourth-order valence-corrected chi connectivity index (χ4v) is 3.56. The van der Waals surface area contributed by atoms with Crippen LogP contribution in [0.4, 0.5) is 0 Å². The van der Waals surface area contributed by atoms with Crippen LogP contribution in [-0.2, 0) is 19.5 Å². The smallest absolute Gasteiger partial charge is 0.287 e. The first-order valence-electron chi connectivity index (χ1n) is 9.64. The number of rotatable bonds is 5. The van der Waals surface area contributed by atoms with E-state index in [0.29, 0.717) is 5.76 Å². The van der Waals surface area contributed by atoms with Crippen molar-refractivity contribution in [3.63, 3.8) is 0 Å². The first kappa shape index (κ1) is 18.4. The third-order valence-electron chi connectivity index (χ3n) is 5.15. The van der Waals surface area contributed by atoms with E-state index in [9.17, 15) is 4.79 Å². The molecule has 1 N–H and O–H groups in total. The van der Waals surface area contributed by atoms with E-state index in [1.54, 1.807) is 12.1 Å². The molecule has 0 saturated heterocycles. The highest BCUT2D eigenvalue weighted by atomic mass is 16.3. The molecule has 0 fully saturated rings. The number of furan rings is 1. The van der Waals surface area contributed by atoms with E-state index < -0.39 is 0 Å². The minimum absolute atomic E-state index is 0.246. The fraction of sp³-hybridized carbons (Fsp3) is 0.381. The summed E-state index contributed by atoms with van der Waals surface area (Å²) in [5.74, 6) is 1.81. The SMILES string of the molecule is Cc1ccc(CN2CCc3nnc([C@H](C)NC(=O)c4ccco4)n3CC2)cc1. The maximum absolute atomic E-state index is 12.3. The Morgan fingerprint density at radius 3 is 2.75 bits per heavy atom. The molecule has 1 aliphatic rings. The predicted octanol–water partition coefficient (Wildman–Crippen LogP) is 2.73. The maximum atomic E-state index is 12.3. The molecule has 146 valence electrons. The molecule has 1 aliphatic heterocycles. The predicted molar refractivity (Wildman–Crippen MR) is 105 cm³/mol. The maximum Gasteiger partial charge on any atom is 0.287 e. The zero-order chi connectivity index (χ0) is 19.5. The second kappa shape index (κ2) is 7.98. The number of nitrogens with zero attached hydrogens (tertiary/aromatic N) is 4. The molecule has 4 rings (SSSR count). The van der Waals surface area contributed by atoms with Crippen LogP contribution in [-0.4, -0.2) is 38.7 Å². The summed E-state index contributed by atoms with van der Waals surface area (Å²) < 4.78 is 7.30. The summed E-state index contributed by atoms with van der Waals surface area (Å²) >= 11 is 0. The van der Waals surface area contributed by atoms with Crippen LogP contribution < -0.4 is 5.32 Å². The van der Waals surface area contributed by atoms with Crippen LogP contribution in [0.3, 0.4) is 0 Å². The quantitative estimate of drug-likeness (QED) is 0.738. The van der Waals surface area contributed by atoms with E-state index in [1.165, 1.54) is 17.4 Å². The average Bonchev–Trinajstić information content (AvgIpc) is 3.32. The number of fused-ring (bicyclic) bond motifs is 1. The molecule has 0 saturated carbocycles. The van der Waals surface area contributed by atoms with Gasteiger partial charge in [0, 0.05) is 32.6 Å². The Morgan fingerprint density at radius 2 is 2.00 bits per heavy atom. The summed E-state index contributed by atoms with van der Waals surface area (Å²) in [4.78, 5) is 14.7. The van der Waals surface area contributed by atoms with Crippen molar-refractivity contribution in [2.24, 2.45) is 0 Å². The van der Waals surface area contributed by atoms with Gasteiger partial charge in [0.2, 0.25) is 0 Å². The van der Waals surface area contributed by atoms with Crippen molar-refractivity contribution in [2.45, 2.75) is 39.4 Å².